The van der Waals surface area contributed by atoms with Gasteiger partial charge in [-0.25, -0.2) is 8.42 Å². The van der Waals surface area contributed by atoms with Gasteiger partial charge in [0.2, 0.25) is 10.0 Å². The number of hydrogen-bond donors (Lipinski definition) is 0. The Bertz CT molecular complexity index is 338. The molecule has 2 aliphatic rings. The SMILES string of the molecule is O=C1CC2CCC(C1)N2S(=O)(=O)CBr. The number of piperidine rings is 1. The number of alkyl halides is 1. The number of carbonyl (C=O) groups is 1. The highest BCUT2D eigenvalue weighted by atomic mass is 79.9. The van der Waals surface area contributed by atoms with Crippen molar-refractivity contribution in [1.29, 1.82) is 0 Å². The van der Waals surface area contributed by atoms with Crippen molar-refractivity contribution in [1.82, 2.24) is 4.31 Å². The van der Waals surface area contributed by atoms with Crippen molar-refractivity contribution in [3.05, 3.63) is 0 Å². The van der Waals surface area contributed by atoms with Crippen LogP contribution >= 0.6 is 15.9 Å². The van der Waals surface area contributed by atoms with Crippen molar-refractivity contribution in [2.24, 2.45) is 0 Å². The number of ketones is 1. The summed E-state index contributed by atoms with van der Waals surface area (Å²) in [6, 6.07) is -0.132. The molecule has 2 unspecified atom stereocenters. The topological polar surface area (TPSA) is 54.5 Å². The number of fused-ring (bicyclic) bond motifs is 2. The first-order valence-corrected chi connectivity index (χ1v) is 7.36. The van der Waals surface area contributed by atoms with Crippen LogP contribution in [0.3, 0.4) is 0 Å². The average Bonchev–Trinajstić information content (AvgIpc) is 2.40. The predicted octanol–water partition coefficient (Wildman–Crippen LogP) is 0.865. The molecule has 0 saturated carbocycles. The van der Waals surface area contributed by atoms with Crippen molar-refractivity contribution in [2.45, 2.75) is 37.8 Å². The molecule has 0 aromatic heterocycles. The van der Waals surface area contributed by atoms with Gasteiger partial charge in [0.25, 0.3) is 0 Å². The number of nitrogens with zero attached hydrogens (tertiary/aromatic N) is 1. The minimum Gasteiger partial charge on any atom is -0.300 e. The van der Waals surface area contributed by atoms with E-state index >= 15 is 0 Å². The molecule has 0 aliphatic carbocycles. The zero-order chi connectivity index (χ0) is 10.3. The van der Waals surface area contributed by atoms with E-state index in [1.807, 2.05) is 0 Å². The third-order valence-electron chi connectivity index (χ3n) is 2.94. The fraction of sp³-hybridized carbons (Fsp3) is 0.875. The van der Waals surface area contributed by atoms with Gasteiger partial charge < -0.3 is 0 Å². The van der Waals surface area contributed by atoms with E-state index in [4.69, 9.17) is 0 Å². The second-order valence-corrected chi connectivity index (χ2v) is 7.06. The first-order chi connectivity index (χ1) is 6.54. The van der Waals surface area contributed by atoms with E-state index in [1.165, 1.54) is 0 Å². The molecule has 80 valence electrons. The molecule has 6 heteroatoms. The smallest absolute Gasteiger partial charge is 0.224 e. The third kappa shape index (κ3) is 1.63. The predicted molar refractivity (Wildman–Crippen MR) is 55.6 cm³/mol. The van der Waals surface area contributed by atoms with E-state index in [2.05, 4.69) is 15.9 Å². The van der Waals surface area contributed by atoms with E-state index in [0.717, 1.165) is 12.8 Å². The summed E-state index contributed by atoms with van der Waals surface area (Å²) in [5, 5.41) is 0. The molecular weight excluding hydrogens is 270 g/mol. The van der Waals surface area contributed by atoms with Gasteiger partial charge in [-0.2, -0.15) is 4.31 Å². The van der Waals surface area contributed by atoms with Crippen LogP contribution in [0.4, 0.5) is 0 Å². The zero-order valence-corrected chi connectivity index (χ0v) is 10.1. The Hall–Kier alpha value is 0.0600. The number of sulfonamides is 1. The molecule has 0 spiro atoms. The van der Waals surface area contributed by atoms with Crippen molar-refractivity contribution >= 4 is 31.7 Å². The van der Waals surface area contributed by atoms with E-state index < -0.39 is 10.0 Å². The molecule has 0 aromatic rings. The largest absolute Gasteiger partial charge is 0.300 e. The summed E-state index contributed by atoms with van der Waals surface area (Å²) >= 11 is 2.99. The van der Waals surface area contributed by atoms with Crippen LogP contribution in [0.25, 0.3) is 0 Å². The molecule has 2 heterocycles. The van der Waals surface area contributed by atoms with Crippen LogP contribution < -0.4 is 0 Å². The minimum atomic E-state index is -3.18. The Morgan fingerprint density at radius 3 is 2.21 bits per heavy atom. The zero-order valence-electron chi connectivity index (χ0n) is 7.65. The highest BCUT2D eigenvalue weighted by Gasteiger charge is 2.45. The Morgan fingerprint density at radius 1 is 1.29 bits per heavy atom. The lowest BCUT2D eigenvalue weighted by Gasteiger charge is -2.32. The molecule has 2 rings (SSSR count). The van der Waals surface area contributed by atoms with E-state index in [0.29, 0.717) is 12.8 Å². The lowest BCUT2D eigenvalue weighted by Crippen LogP contribution is -2.46. The van der Waals surface area contributed by atoms with Gasteiger partial charge in [-0.15, -0.1) is 0 Å². The van der Waals surface area contributed by atoms with Crippen molar-refractivity contribution in [3.63, 3.8) is 0 Å². The number of hydrogen-bond acceptors (Lipinski definition) is 3. The standard InChI is InChI=1S/C8H12BrNO3S/c9-5-14(12,13)10-6-1-2-7(10)4-8(11)3-6/h6-7H,1-5H2. The van der Waals surface area contributed by atoms with Crippen LogP contribution in [-0.4, -0.2) is 35.3 Å². The van der Waals surface area contributed by atoms with Gasteiger partial charge in [0, 0.05) is 24.9 Å². The van der Waals surface area contributed by atoms with Crippen LogP contribution in [0, 0.1) is 0 Å². The second-order valence-electron chi connectivity index (χ2n) is 3.88. The number of Topliss-reactive ketones (excluding diaryl/α,β-unsaturated/α-hetero) is 1. The molecule has 4 nitrogen and oxygen atoms in total. The molecule has 2 aliphatic heterocycles. The minimum absolute atomic E-state index is 0.0405. The van der Waals surface area contributed by atoms with Gasteiger partial charge in [0.1, 0.15) is 10.4 Å². The maximum atomic E-state index is 11.7. The summed E-state index contributed by atoms with van der Waals surface area (Å²) in [5.74, 6) is 0.207. The Labute approximate surface area is 91.8 Å². The Morgan fingerprint density at radius 2 is 1.79 bits per heavy atom. The maximum Gasteiger partial charge on any atom is 0.224 e. The molecule has 0 amide bonds. The normalized spacial score (nSPS) is 33.6. The highest BCUT2D eigenvalue weighted by molar-refractivity contribution is 9.10. The number of carbonyl (C=O) groups excluding carboxylic acids is 1. The molecule has 2 saturated heterocycles. The van der Waals surface area contributed by atoms with Crippen molar-refractivity contribution in [2.75, 3.05) is 4.66 Å². The van der Waals surface area contributed by atoms with Gasteiger partial charge in [-0.3, -0.25) is 4.79 Å². The van der Waals surface area contributed by atoms with Gasteiger partial charge in [0.15, 0.2) is 0 Å². The Balaban J connectivity index is 2.27. The van der Waals surface area contributed by atoms with Crippen LogP contribution in [0.1, 0.15) is 25.7 Å². The molecule has 14 heavy (non-hydrogen) atoms. The molecule has 0 radical (unpaired) electrons. The Kier molecular flexibility index (Phi) is 2.70. The molecule has 2 fully saturated rings. The summed E-state index contributed by atoms with van der Waals surface area (Å²) in [5.41, 5.74) is 0. The lowest BCUT2D eigenvalue weighted by molar-refractivity contribution is -0.122. The van der Waals surface area contributed by atoms with Crippen LogP contribution in [0.5, 0.6) is 0 Å². The summed E-state index contributed by atoms with van der Waals surface area (Å²) in [6.07, 6.45) is 2.48. The molecule has 0 N–H and O–H groups in total. The van der Waals surface area contributed by atoms with Crippen LogP contribution in [0.2, 0.25) is 0 Å². The van der Waals surface area contributed by atoms with Gasteiger partial charge in [0.05, 0.1) is 0 Å². The monoisotopic (exact) mass is 281 g/mol. The lowest BCUT2D eigenvalue weighted by atomic mass is 10.0. The third-order valence-corrected chi connectivity index (χ3v) is 6.19. The second kappa shape index (κ2) is 3.57. The summed E-state index contributed by atoms with van der Waals surface area (Å²) in [6.45, 7) is 0. The van der Waals surface area contributed by atoms with Gasteiger partial charge >= 0.3 is 0 Å². The fourth-order valence-electron chi connectivity index (χ4n) is 2.44. The van der Waals surface area contributed by atoms with Crippen LogP contribution in [0.15, 0.2) is 0 Å². The fourth-order valence-corrected chi connectivity index (χ4v) is 4.53. The maximum absolute atomic E-state index is 11.7. The number of rotatable bonds is 2. The summed E-state index contributed by atoms with van der Waals surface area (Å²) in [4.78, 5) is 11.3. The quantitative estimate of drug-likeness (QED) is 0.706. The molecule has 0 aromatic carbocycles. The summed E-state index contributed by atoms with van der Waals surface area (Å²) < 4.78 is 24.9. The molecule has 2 atom stereocenters. The van der Waals surface area contributed by atoms with Crippen molar-refractivity contribution < 1.29 is 13.2 Å². The summed E-state index contributed by atoms with van der Waals surface area (Å²) in [7, 11) is -3.18. The van der Waals surface area contributed by atoms with E-state index in [-0.39, 0.29) is 22.5 Å². The van der Waals surface area contributed by atoms with Gasteiger partial charge in [-0.05, 0) is 12.8 Å². The van der Waals surface area contributed by atoms with Crippen molar-refractivity contribution in [3.8, 4) is 0 Å². The van der Waals surface area contributed by atoms with Crippen LogP contribution in [-0.2, 0) is 14.8 Å². The highest BCUT2D eigenvalue weighted by Crippen LogP contribution is 2.36. The average molecular weight is 282 g/mol. The molecule has 2 bridgehead atoms. The molecular formula is C8H12BrNO3S. The van der Waals surface area contributed by atoms with E-state index in [1.54, 1.807) is 4.31 Å². The first kappa shape index (κ1) is 10.6. The number of halogens is 1. The first-order valence-electron chi connectivity index (χ1n) is 4.63. The van der Waals surface area contributed by atoms with E-state index in [9.17, 15) is 13.2 Å². The van der Waals surface area contributed by atoms with Gasteiger partial charge in [-0.1, -0.05) is 15.9 Å².